The van der Waals surface area contributed by atoms with E-state index in [2.05, 4.69) is 0 Å². The SMILES string of the molecule is COc1cccc(OC)c1C1CCC(=O)N1Cc1ccc(Oc2ccccc2)cc1. The van der Waals surface area contributed by atoms with Crippen molar-refractivity contribution in [1.82, 2.24) is 4.90 Å². The number of ether oxygens (including phenoxy) is 3. The fourth-order valence-corrected chi connectivity index (χ4v) is 3.92. The van der Waals surface area contributed by atoms with E-state index in [4.69, 9.17) is 14.2 Å². The van der Waals surface area contributed by atoms with Crippen molar-refractivity contribution >= 4 is 5.91 Å². The van der Waals surface area contributed by atoms with Crippen LogP contribution in [-0.2, 0) is 11.3 Å². The lowest BCUT2D eigenvalue weighted by molar-refractivity contribution is -0.129. The minimum absolute atomic E-state index is 0.0798. The predicted octanol–water partition coefficient (Wildman–Crippen LogP) is 5.36. The molecule has 3 aromatic rings. The smallest absolute Gasteiger partial charge is 0.223 e. The summed E-state index contributed by atoms with van der Waals surface area (Å²) in [5.41, 5.74) is 1.97. The molecule has 1 atom stereocenters. The fourth-order valence-electron chi connectivity index (χ4n) is 3.92. The maximum atomic E-state index is 12.7. The molecule has 0 radical (unpaired) electrons. The Morgan fingerprint density at radius 3 is 2.10 bits per heavy atom. The molecule has 1 amide bonds. The van der Waals surface area contributed by atoms with E-state index in [1.54, 1.807) is 14.2 Å². The van der Waals surface area contributed by atoms with Gasteiger partial charge in [-0.2, -0.15) is 0 Å². The van der Waals surface area contributed by atoms with Gasteiger partial charge in [0.05, 0.1) is 25.8 Å². The molecule has 0 spiro atoms. The van der Waals surface area contributed by atoms with E-state index in [0.29, 0.717) is 13.0 Å². The monoisotopic (exact) mass is 403 g/mol. The molecule has 3 aromatic carbocycles. The van der Waals surface area contributed by atoms with Crippen molar-refractivity contribution in [2.45, 2.75) is 25.4 Å². The van der Waals surface area contributed by atoms with Crippen LogP contribution in [0, 0.1) is 0 Å². The average molecular weight is 403 g/mol. The third-order valence-corrected chi connectivity index (χ3v) is 5.38. The number of hydrogen-bond acceptors (Lipinski definition) is 4. The summed E-state index contributed by atoms with van der Waals surface area (Å²) in [7, 11) is 3.29. The average Bonchev–Trinajstić information content (AvgIpc) is 3.14. The van der Waals surface area contributed by atoms with Crippen molar-refractivity contribution in [1.29, 1.82) is 0 Å². The summed E-state index contributed by atoms with van der Waals surface area (Å²) >= 11 is 0. The second-order valence-corrected chi connectivity index (χ2v) is 7.21. The number of methoxy groups -OCH3 is 2. The maximum absolute atomic E-state index is 12.7. The zero-order valence-electron chi connectivity index (χ0n) is 17.2. The van der Waals surface area contributed by atoms with Gasteiger partial charge in [-0.15, -0.1) is 0 Å². The minimum atomic E-state index is -0.0798. The van der Waals surface area contributed by atoms with Gasteiger partial charge in [-0.1, -0.05) is 36.4 Å². The molecular weight excluding hydrogens is 378 g/mol. The lowest BCUT2D eigenvalue weighted by Crippen LogP contribution is -2.27. The van der Waals surface area contributed by atoms with Crippen LogP contribution < -0.4 is 14.2 Å². The van der Waals surface area contributed by atoms with E-state index >= 15 is 0 Å². The fraction of sp³-hybridized carbons (Fsp3) is 0.240. The normalized spacial score (nSPS) is 15.9. The lowest BCUT2D eigenvalue weighted by atomic mass is 10.0. The van der Waals surface area contributed by atoms with Gasteiger partial charge in [-0.25, -0.2) is 0 Å². The van der Waals surface area contributed by atoms with Crippen molar-refractivity contribution in [2.24, 2.45) is 0 Å². The van der Waals surface area contributed by atoms with E-state index in [1.807, 2.05) is 77.7 Å². The first-order valence-electron chi connectivity index (χ1n) is 10.0. The van der Waals surface area contributed by atoms with E-state index < -0.39 is 0 Å². The van der Waals surface area contributed by atoms with Crippen LogP contribution in [0.5, 0.6) is 23.0 Å². The lowest BCUT2D eigenvalue weighted by Gasteiger charge is -2.28. The van der Waals surface area contributed by atoms with E-state index in [-0.39, 0.29) is 11.9 Å². The second-order valence-electron chi connectivity index (χ2n) is 7.21. The van der Waals surface area contributed by atoms with Gasteiger partial charge in [0.2, 0.25) is 5.91 Å². The summed E-state index contributed by atoms with van der Waals surface area (Å²) < 4.78 is 17.0. The van der Waals surface area contributed by atoms with Crippen LogP contribution in [0.25, 0.3) is 0 Å². The largest absolute Gasteiger partial charge is 0.496 e. The van der Waals surface area contributed by atoms with Crippen molar-refractivity contribution in [3.63, 3.8) is 0 Å². The number of benzene rings is 3. The van der Waals surface area contributed by atoms with E-state index in [1.165, 1.54) is 0 Å². The standard InChI is InChI=1S/C25H25NO4/c1-28-22-9-6-10-23(29-2)25(22)21-15-16-24(27)26(21)17-18-11-13-20(14-12-18)30-19-7-4-3-5-8-19/h3-14,21H,15-17H2,1-2H3. The highest BCUT2D eigenvalue weighted by molar-refractivity contribution is 5.79. The molecule has 0 saturated carbocycles. The Labute approximate surface area is 176 Å². The third kappa shape index (κ3) is 4.10. The van der Waals surface area contributed by atoms with Crippen LogP contribution >= 0.6 is 0 Å². The molecule has 1 saturated heterocycles. The topological polar surface area (TPSA) is 48.0 Å². The van der Waals surface area contributed by atoms with Crippen LogP contribution in [0.1, 0.15) is 30.0 Å². The Kier molecular flexibility index (Phi) is 5.89. The van der Waals surface area contributed by atoms with Crippen LogP contribution in [0.15, 0.2) is 72.8 Å². The number of carbonyl (C=O) groups is 1. The number of likely N-dealkylation sites (tertiary alicyclic amines) is 1. The first-order valence-corrected chi connectivity index (χ1v) is 10.0. The molecule has 30 heavy (non-hydrogen) atoms. The number of para-hydroxylation sites is 1. The second kappa shape index (κ2) is 8.91. The first kappa shape index (κ1) is 19.8. The van der Waals surface area contributed by atoms with Gasteiger partial charge in [0.25, 0.3) is 0 Å². The molecule has 5 nitrogen and oxygen atoms in total. The Bertz CT molecular complexity index is 979. The van der Waals surface area contributed by atoms with E-state index in [9.17, 15) is 4.79 Å². The Morgan fingerprint density at radius 1 is 0.833 bits per heavy atom. The Balaban J connectivity index is 1.54. The van der Waals surface area contributed by atoms with Gasteiger partial charge in [-0.05, 0) is 48.4 Å². The highest BCUT2D eigenvalue weighted by Gasteiger charge is 2.35. The van der Waals surface area contributed by atoms with Gasteiger partial charge in [0.1, 0.15) is 23.0 Å². The molecule has 1 aliphatic heterocycles. The van der Waals surface area contributed by atoms with Crippen molar-refractivity contribution < 1.29 is 19.0 Å². The molecule has 1 fully saturated rings. The number of amides is 1. The van der Waals surface area contributed by atoms with Gasteiger partial charge >= 0.3 is 0 Å². The molecule has 5 heteroatoms. The zero-order chi connectivity index (χ0) is 20.9. The van der Waals surface area contributed by atoms with Gasteiger partial charge < -0.3 is 19.1 Å². The number of rotatable bonds is 7. The zero-order valence-corrected chi connectivity index (χ0v) is 17.2. The summed E-state index contributed by atoms with van der Waals surface area (Å²) in [6.45, 7) is 0.524. The predicted molar refractivity (Wildman–Crippen MR) is 115 cm³/mol. The molecule has 1 unspecified atom stereocenters. The molecule has 4 rings (SSSR count). The molecule has 0 aromatic heterocycles. The number of hydrogen-bond donors (Lipinski definition) is 0. The minimum Gasteiger partial charge on any atom is -0.496 e. The molecule has 1 heterocycles. The first-order chi connectivity index (χ1) is 14.7. The van der Waals surface area contributed by atoms with Crippen LogP contribution in [0.2, 0.25) is 0 Å². The Hall–Kier alpha value is -3.47. The van der Waals surface area contributed by atoms with Crippen molar-refractivity contribution in [3.05, 3.63) is 83.9 Å². The van der Waals surface area contributed by atoms with Gasteiger partial charge in [0.15, 0.2) is 0 Å². The highest BCUT2D eigenvalue weighted by atomic mass is 16.5. The third-order valence-electron chi connectivity index (χ3n) is 5.38. The molecule has 0 N–H and O–H groups in total. The van der Waals surface area contributed by atoms with Crippen molar-refractivity contribution in [3.8, 4) is 23.0 Å². The summed E-state index contributed by atoms with van der Waals surface area (Å²) in [5, 5.41) is 0. The van der Waals surface area contributed by atoms with Crippen LogP contribution in [0.3, 0.4) is 0 Å². The van der Waals surface area contributed by atoms with Gasteiger partial charge in [-0.3, -0.25) is 4.79 Å². The highest BCUT2D eigenvalue weighted by Crippen LogP contribution is 2.43. The molecule has 0 bridgehead atoms. The van der Waals surface area contributed by atoms with Crippen LogP contribution in [-0.4, -0.2) is 25.0 Å². The molecule has 1 aliphatic rings. The Morgan fingerprint density at radius 2 is 1.47 bits per heavy atom. The summed E-state index contributed by atoms with van der Waals surface area (Å²) in [6.07, 6.45) is 1.26. The van der Waals surface area contributed by atoms with Gasteiger partial charge in [0, 0.05) is 13.0 Å². The van der Waals surface area contributed by atoms with Crippen LogP contribution in [0.4, 0.5) is 0 Å². The summed E-state index contributed by atoms with van der Waals surface area (Å²) in [5.74, 6) is 3.18. The molecule has 154 valence electrons. The quantitative estimate of drug-likeness (QED) is 0.533. The van der Waals surface area contributed by atoms with Crippen molar-refractivity contribution in [2.75, 3.05) is 14.2 Å². The summed E-state index contributed by atoms with van der Waals surface area (Å²) in [6, 6.07) is 23.2. The summed E-state index contributed by atoms with van der Waals surface area (Å²) in [4.78, 5) is 14.6. The molecular formula is C25H25NO4. The number of carbonyl (C=O) groups excluding carboxylic acids is 1. The van der Waals surface area contributed by atoms with E-state index in [0.717, 1.165) is 40.5 Å². The molecule has 0 aliphatic carbocycles. The number of nitrogens with zero attached hydrogens (tertiary/aromatic N) is 1. The maximum Gasteiger partial charge on any atom is 0.223 e.